The molecule has 8 nitrogen and oxygen atoms in total. The average Bonchev–Trinajstić information content (AvgIpc) is 3.37. The van der Waals surface area contributed by atoms with Crippen molar-refractivity contribution in [3.8, 4) is 11.6 Å². The Morgan fingerprint density at radius 3 is 2.61 bits per heavy atom. The van der Waals surface area contributed by atoms with Crippen LogP contribution in [-0.4, -0.2) is 28.7 Å². The van der Waals surface area contributed by atoms with E-state index in [0.29, 0.717) is 27.2 Å². The number of aromatic nitrogens is 2. The molecule has 0 spiro atoms. The molecule has 3 aromatic carbocycles. The van der Waals surface area contributed by atoms with Gasteiger partial charge in [-0.25, -0.2) is 4.79 Å². The van der Waals surface area contributed by atoms with Gasteiger partial charge in [0.05, 0.1) is 24.7 Å². The van der Waals surface area contributed by atoms with E-state index in [9.17, 15) is 14.4 Å². The Kier molecular flexibility index (Phi) is 6.18. The SMILES string of the molecule is COC(=O)Oc1c(CNC(=O)c2ccc3cc[nH]c3c2)c(=O)c2ccc(Cl)cc2n1-c1ccccc1. The molecule has 2 N–H and O–H groups in total. The van der Waals surface area contributed by atoms with Crippen molar-refractivity contribution in [2.75, 3.05) is 7.11 Å². The first-order chi connectivity index (χ1) is 17.5. The number of nitrogens with one attached hydrogen (secondary N) is 2. The molecule has 0 saturated heterocycles. The summed E-state index contributed by atoms with van der Waals surface area (Å²) in [5.74, 6) is -0.467. The zero-order chi connectivity index (χ0) is 25.2. The number of rotatable bonds is 5. The van der Waals surface area contributed by atoms with Crippen LogP contribution in [0.15, 0.2) is 83.8 Å². The topological polar surface area (TPSA) is 102 Å². The van der Waals surface area contributed by atoms with Gasteiger partial charge in [-0.2, -0.15) is 0 Å². The number of nitrogens with zero attached hydrogens (tertiary/aromatic N) is 1. The molecule has 1 amide bonds. The van der Waals surface area contributed by atoms with Crippen LogP contribution in [0.2, 0.25) is 5.02 Å². The maximum atomic E-state index is 13.6. The van der Waals surface area contributed by atoms with E-state index in [4.69, 9.17) is 21.1 Å². The molecule has 0 bridgehead atoms. The van der Waals surface area contributed by atoms with Crippen LogP contribution in [0.3, 0.4) is 0 Å². The van der Waals surface area contributed by atoms with E-state index in [2.05, 4.69) is 10.3 Å². The molecule has 9 heteroatoms. The molecular formula is C27H20ClN3O5. The fraction of sp³-hybridized carbons (Fsp3) is 0.0741. The minimum absolute atomic E-state index is 0.0760. The number of hydrogen-bond acceptors (Lipinski definition) is 5. The normalized spacial score (nSPS) is 10.9. The average molecular weight is 502 g/mol. The number of halogens is 1. The lowest BCUT2D eigenvalue weighted by molar-refractivity contribution is 0.0950. The summed E-state index contributed by atoms with van der Waals surface area (Å²) in [5.41, 5.74) is 1.95. The quantitative estimate of drug-likeness (QED) is 0.322. The zero-order valence-electron chi connectivity index (χ0n) is 19.1. The van der Waals surface area contributed by atoms with Gasteiger partial charge in [0.15, 0.2) is 5.43 Å². The van der Waals surface area contributed by atoms with Gasteiger partial charge in [-0.1, -0.05) is 35.9 Å². The van der Waals surface area contributed by atoms with Gasteiger partial charge in [0.1, 0.15) is 0 Å². The molecule has 0 saturated carbocycles. The van der Waals surface area contributed by atoms with Crippen molar-refractivity contribution in [1.82, 2.24) is 14.9 Å². The van der Waals surface area contributed by atoms with E-state index >= 15 is 0 Å². The van der Waals surface area contributed by atoms with Gasteiger partial charge in [-0.05, 0) is 53.9 Å². The minimum Gasteiger partial charge on any atom is -0.437 e. The van der Waals surface area contributed by atoms with Gasteiger partial charge in [0.25, 0.3) is 5.91 Å². The standard InChI is InChI=1S/C27H20ClN3O5/c1-35-27(34)36-26-21(15-30-25(33)17-8-7-16-11-12-29-22(16)13-17)24(32)20-10-9-18(28)14-23(20)31(26)19-5-3-2-4-6-19/h2-14,29H,15H2,1H3,(H,30,33). The molecule has 0 fully saturated rings. The van der Waals surface area contributed by atoms with E-state index in [1.54, 1.807) is 53.2 Å². The van der Waals surface area contributed by atoms with Crippen LogP contribution in [0.1, 0.15) is 15.9 Å². The fourth-order valence-corrected chi connectivity index (χ4v) is 4.23. The van der Waals surface area contributed by atoms with E-state index < -0.39 is 17.5 Å². The highest BCUT2D eigenvalue weighted by Gasteiger charge is 2.23. The van der Waals surface area contributed by atoms with Crippen LogP contribution in [-0.2, 0) is 11.3 Å². The molecule has 0 radical (unpaired) electrons. The smallest absolute Gasteiger partial charge is 0.437 e. The van der Waals surface area contributed by atoms with Crippen molar-refractivity contribution in [1.29, 1.82) is 0 Å². The number of carbonyl (C=O) groups excluding carboxylic acids is 2. The van der Waals surface area contributed by atoms with Gasteiger partial charge in [0.2, 0.25) is 5.88 Å². The number of aromatic amines is 1. The third kappa shape index (κ3) is 4.30. The summed E-state index contributed by atoms with van der Waals surface area (Å²) < 4.78 is 11.8. The van der Waals surface area contributed by atoms with Crippen molar-refractivity contribution in [3.05, 3.63) is 105 Å². The molecule has 0 aliphatic rings. The van der Waals surface area contributed by atoms with Crippen molar-refractivity contribution < 1.29 is 19.1 Å². The number of hydrogen-bond donors (Lipinski definition) is 2. The Balaban J connectivity index is 1.64. The van der Waals surface area contributed by atoms with E-state index in [-0.39, 0.29) is 18.0 Å². The van der Waals surface area contributed by atoms with Crippen LogP contribution in [0.5, 0.6) is 5.88 Å². The number of methoxy groups -OCH3 is 1. The first kappa shape index (κ1) is 23.2. The van der Waals surface area contributed by atoms with E-state index in [0.717, 1.165) is 10.9 Å². The molecule has 0 atom stereocenters. The molecule has 0 unspecified atom stereocenters. The second kappa shape index (κ2) is 9.59. The van der Waals surface area contributed by atoms with Crippen molar-refractivity contribution in [2.24, 2.45) is 0 Å². The second-order valence-electron chi connectivity index (χ2n) is 7.96. The van der Waals surface area contributed by atoms with Crippen molar-refractivity contribution >= 4 is 45.5 Å². The summed E-state index contributed by atoms with van der Waals surface area (Å²) in [6.45, 7) is -0.196. The fourth-order valence-electron chi connectivity index (χ4n) is 4.06. The zero-order valence-corrected chi connectivity index (χ0v) is 19.8. The number of amides is 1. The van der Waals surface area contributed by atoms with E-state index in [1.807, 2.05) is 30.3 Å². The van der Waals surface area contributed by atoms with Gasteiger partial charge in [0, 0.05) is 33.4 Å². The number of para-hydroxylation sites is 1. The third-order valence-electron chi connectivity index (χ3n) is 5.78. The summed E-state index contributed by atoms with van der Waals surface area (Å²) in [6.07, 6.45) is 0.779. The molecular weight excluding hydrogens is 482 g/mol. The molecule has 2 aromatic heterocycles. The molecule has 180 valence electrons. The second-order valence-corrected chi connectivity index (χ2v) is 8.40. The lowest BCUT2D eigenvalue weighted by atomic mass is 10.1. The Bertz CT molecular complexity index is 1670. The predicted octanol–water partition coefficient (Wildman–Crippen LogP) is 5.20. The Morgan fingerprint density at radius 2 is 1.83 bits per heavy atom. The highest BCUT2D eigenvalue weighted by atomic mass is 35.5. The molecule has 0 aliphatic carbocycles. The number of fused-ring (bicyclic) bond motifs is 2. The number of H-pyrrole nitrogens is 1. The van der Waals surface area contributed by atoms with Crippen molar-refractivity contribution in [2.45, 2.75) is 6.54 Å². The Morgan fingerprint density at radius 1 is 1.03 bits per heavy atom. The third-order valence-corrected chi connectivity index (χ3v) is 6.02. The van der Waals surface area contributed by atoms with Gasteiger partial charge >= 0.3 is 6.16 Å². The molecule has 5 rings (SSSR count). The first-order valence-corrected chi connectivity index (χ1v) is 11.4. The molecule has 2 heterocycles. The van der Waals surface area contributed by atoms with Crippen LogP contribution >= 0.6 is 11.6 Å². The number of pyridine rings is 1. The summed E-state index contributed by atoms with van der Waals surface area (Å²) in [7, 11) is 1.17. The van der Waals surface area contributed by atoms with Crippen LogP contribution in [0.4, 0.5) is 4.79 Å². The summed E-state index contributed by atoms with van der Waals surface area (Å²) in [4.78, 5) is 41.8. The minimum atomic E-state index is -1.01. The summed E-state index contributed by atoms with van der Waals surface area (Å²) in [5, 5.41) is 4.49. The highest BCUT2D eigenvalue weighted by Crippen LogP contribution is 2.29. The monoisotopic (exact) mass is 501 g/mol. The maximum Gasteiger partial charge on any atom is 0.514 e. The Hall–Kier alpha value is -4.56. The van der Waals surface area contributed by atoms with Gasteiger partial charge in [-0.15, -0.1) is 0 Å². The predicted molar refractivity (Wildman–Crippen MR) is 137 cm³/mol. The Labute approximate surface area is 210 Å². The first-order valence-electron chi connectivity index (χ1n) is 11.0. The van der Waals surface area contributed by atoms with Crippen molar-refractivity contribution in [3.63, 3.8) is 0 Å². The lowest BCUT2D eigenvalue weighted by Crippen LogP contribution is -2.29. The maximum absolute atomic E-state index is 13.6. The highest BCUT2D eigenvalue weighted by molar-refractivity contribution is 6.31. The van der Waals surface area contributed by atoms with Crippen LogP contribution in [0, 0.1) is 0 Å². The molecule has 5 aromatic rings. The lowest BCUT2D eigenvalue weighted by Gasteiger charge is -2.20. The largest absolute Gasteiger partial charge is 0.514 e. The molecule has 36 heavy (non-hydrogen) atoms. The number of carbonyl (C=O) groups is 2. The number of ether oxygens (including phenoxy) is 2. The summed E-state index contributed by atoms with van der Waals surface area (Å²) in [6, 6.07) is 21.0. The van der Waals surface area contributed by atoms with Gasteiger partial charge in [-0.3, -0.25) is 14.2 Å². The summed E-state index contributed by atoms with van der Waals surface area (Å²) >= 11 is 6.25. The van der Waals surface area contributed by atoms with Crippen LogP contribution < -0.4 is 15.5 Å². The number of benzene rings is 3. The van der Waals surface area contributed by atoms with Gasteiger partial charge < -0.3 is 19.8 Å². The van der Waals surface area contributed by atoms with Crippen LogP contribution in [0.25, 0.3) is 27.5 Å². The molecule has 0 aliphatic heterocycles. The van der Waals surface area contributed by atoms with E-state index in [1.165, 1.54) is 7.11 Å².